The molecular weight excluding hydrogens is 422 g/mol. The summed E-state index contributed by atoms with van der Waals surface area (Å²) < 4.78 is 5.76. The minimum atomic E-state index is -0.795. The Kier molecular flexibility index (Phi) is 5.68. The number of ketones is 1. The number of hydrogen-bond acceptors (Lipinski definition) is 4. The smallest absolute Gasteiger partial charge is 0.341 e. The van der Waals surface area contributed by atoms with Crippen LogP contribution in [-0.4, -0.2) is 18.4 Å². The fourth-order valence-corrected chi connectivity index (χ4v) is 3.45. The summed E-state index contributed by atoms with van der Waals surface area (Å²) in [7, 11) is 0. The molecule has 0 bridgehead atoms. The summed E-state index contributed by atoms with van der Waals surface area (Å²) in [6.45, 7) is -0.398. The van der Waals surface area contributed by atoms with Crippen LogP contribution in [0.25, 0.3) is 0 Å². The topological polar surface area (TPSA) is 43.4 Å². The largest absolute Gasteiger partial charge is 0.454 e. The summed E-state index contributed by atoms with van der Waals surface area (Å²) in [4.78, 5) is 24.3. The molecule has 3 nitrogen and oxygen atoms in total. The maximum Gasteiger partial charge on any atom is 0.341 e. The number of ether oxygens (including phenoxy) is 1. The zero-order valence-electron chi connectivity index (χ0n) is 10.2. The molecule has 2 aromatic rings. The molecule has 0 amide bonds. The second-order valence-electron chi connectivity index (χ2n) is 3.82. The van der Waals surface area contributed by atoms with Gasteiger partial charge in [0.15, 0.2) is 6.61 Å². The molecule has 0 saturated heterocycles. The molecular formula is C13H6BrCl3O3S. The minimum absolute atomic E-state index is 0.000448. The summed E-state index contributed by atoms with van der Waals surface area (Å²) in [6.07, 6.45) is 0. The molecule has 0 radical (unpaired) electrons. The van der Waals surface area contributed by atoms with E-state index in [1.165, 1.54) is 23.5 Å². The van der Waals surface area contributed by atoms with E-state index in [1.807, 2.05) is 0 Å². The van der Waals surface area contributed by atoms with Gasteiger partial charge in [-0.2, -0.15) is 0 Å². The van der Waals surface area contributed by atoms with Crippen molar-refractivity contribution in [1.82, 2.24) is 0 Å². The zero-order valence-corrected chi connectivity index (χ0v) is 14.8. The van der Waals surface area contributed by atoms with Crippen LogP contribution in [-0.2, 0) is 4.74 Å². The number of esters is 1. The van der Waals surface area contributed by atoms with Crippen LogP contribution in [0.15, 0.2) is 28.1 Å². The predicted molar refractivity (Wildman–Crippen MR) is 88.1 cm³/mol. The van der Waals surface area contributed by atoms with Gasteiger partial charge in [-0.05, 0) is 40.2 Å². The van der Waals surface area contributed by atoms with Gasteiger partial charge in [0.05, 0.1) is 29.3 Å². The zero-order chi connectivity index (χ0) is 15.6. The third kappa shape index (κ3) is 3.99. The van der Waals surface area contributed by atoms with Gasteiger partial charge in [0.1, 0.15) is 0 Å². The number of carbonyl (C=O) groups excluding carboxylic acids is 2. The van der Waals surface area contributed by atoms with E-state index in [0.717, 1.165) is 3.79 Å². The van der Waals surface area contributed by atoms with E-state index in [-0.39, 0.29) is 26.4 Å². The molecule has 0 aliphatic rings. The number of halogens is 4. The molecule has 0 fully saturated rings. The summed E-state index contributed by atoms with van der Waals surface area (Å²) in [5.74, 6) is -1.11. The van der Waals surface area contributed by atoms with Crippen molar-refractivity contribution in [2.75, 3.05) is 6.61 Å². The highest BCUT2D eigenvalue weighted by Gasteiger charge is 2.20. The first-order valence-corrected chi connectivity index (χ1v) is 8.23. The molecule has 0 N–H and O–H groups in total. The molecule has 0 aliphatic heterocycles. The van der Waals surface area contributed by atoms with Gasteiger partial charge in [0.25, 0.3) is 0 Å². The summed E-state index contributed by atoms with van der Waals surface area (Å²) in [5, 5.41) is 0.294. The van der Waals surface area contributed by atoms with E-state index in [9.17, 15) is 9.59 Å². The normalized spacial score (nSPS) is 10.5. The van der Waals surface area contributed by atoms with Crippen LogP contribution in [0, 0.1) is 0 Å². The van der Waals surface area contributed by atoms with Gasteiger partial charge in [0.2, 0.25) is 5.78 Å². The molecule has 1 heterocycles. The Labute approximate surface area is 147 Å². The molecule has 110 valence electrons. The van der Waals surface area contributed by atoms with E-state index < -0.39 is 12.6 Å². The van der Waals surface area contributed by atoms with Gasteiger partial charge in [-0.15, -0.1) is 11.3 Å². The van der Waals surface area contributed by atoms with Crippen molar-refractivity contribution in [1.29, 1.82) is 0 Å². The lowest BCUT2D eigenvalue weighted by molar-refractivity contribution is 0.0476. The van der Waals surface area contributed by atoms with Crippen molar-refractivity contribution in [2.45, 2.75) is 0 Å². The van der Waals surface area contributed by atoms with Crippen molar-refractivity contribution in [2.24, 2.45) is 0 Å². The predicted octanol–water partition coefficient (Wildman–Crippen LogP) is 5.51. The van der Waals surface area contributed by atoms with Crippen molar-refractivity contribution in [3.8, 4) is 0 Å². The fraction of sp³-hybridized carbons (Fsp3) is 0.0769. The first-order valence-electron chi connectivity index (χ1n) is 5.49. The number of thiophene rings is 1. The highest BCUT2D eigenvalue weighted by Crippen LogP contribution is 2.32. The number of rotatable bonds is 4. The molecule has 21 heavy (non-hydrogen) atoms. The van der Waals surface area contributed by atoms with Crippen LogP contribution in [0.5, 0.6) is 0 Å². The van der Waals surface area contributed by atoms with E-state index in [0.29, 0.717) is 4.88 Å². The molecule has 0 spiro atoms. The second kappa shape index (κ2) is 7.11. The second-order valence-corrected chi connectivity index (χ2v) is 7.48. The van der Waals surface area contributed by atoms with Crippen LogP contribution >= 0.6 is 62.1 Å². The van der Waals surface area contributed by atoms with Crippen molar-refractivity contribution < 1.29 is 14.3 Å². The number of benzene rings is 1. The highest BCUT2D eigenvalue weighted by molar-refractivity contribution is 9.11. The third-order valence-corrected chi connectivity index (χ3v) is 5.21. The molecule has 0 atom stereocenters. The summed E-state index contributed by atoms with van der Waals surface area (Å²) in [5.41, 5.74) is -0.0500. The quantitative estimate of drug-likeness (QED) is 0.366. The van der Waals surface area contributed by atoms with Gasteiger partial charge in [-0.1, -0.05) is 34.8 Å². The SMILES string of the molecule is O=C(COC(=O)c1c(Cl)ccc(Cl)c1Cl)c1ccc(Br)s1. The Morgan fingerprint density at radius 1 is 1.10 bits per heavy atom. The monoisotopic (exact) mass is 426 g/mol. The van der Waals surface area contributed by atoms with Crippen LogP contribution in [0.1, 0.15) is 20.0 Å². The first kappa shape index (κ1) is 16.8. The maximum absolute atomic E-state index is 12.0. The molecule has 1 aromatic heterocycles. The third-order valence-electron chi connectivity index (χ3n) is 2.43. The molecule has 0 aliphatic carbocycles. The maximum atomic E-state index is 12.0. The van der Waals surface area contributed by atoms with Crippen molar-refractivity contribution >= 4 is 73.8 Å². The Morgan fingerprint density at radius 3 is 2.38 bits per heavy atom. The Morgan fingerprint density at radius 2 is 1.76 bits per heavy atom. The molecule has 1 aromatic carbocycles. The Balaban J connectivity index is 2.09. The average molecular weight is 429 g/mol. The average Bonchev–Trinajstić information content (AvgIpc) is 2.87. The lowest BCUT2D eigenvalue weighted by Gasteiger charge is -2.08. The molecule has 2 rings (SSSR count). The van der Waals surface area contributed by atoms with Crippen molar-refractivity contribution in [3.05, 3.63) is 53.6 Å². The number of hydrogen-bond donors (Lipinski definition) is 0. The standard InChI is InChI=1S/C13H6BrCl3O3S/c14-10-4-3-9(21-10)8(18)5-20-13(19)11-6(15)1-2-7(16)12(11)17/h1-4H,5H2. The summed E-state index contributed by atoms with van der Waals surface area (Å²) >= 11 is 22.2. The van der Waals surface area contributed by atoms with Gasteiger partial charge >= 0.3 is 5.97 Å². The van der Waals surface area contributed by atoms with Crippen LogP contribution in [0.2, 0.25) is 15.1 Å². The van der Waals surface area contributed by atoms with Crippen molar-refractivity contribution in [3.63, 3.8) is 0 Å². The van der Waals surface area contributed by atoms with E-state index in [4.69, 9.17) is 39.5 Å². The van der Waals surface area contributed by atoms with Gasteiger partial charge in [-0.25, -0.2) is 4.79 Å². The molecule has 0 saturated carbocycles. The molecule has 0 unspecified atom stereocenters. The van der Waals surface area contributed by atoms with Gasteiger partial charge in [0, 0.05) is 0 Å². The summed E-state index contributed by atoms with van der Waals surface area (Å²) in [6, 6.07) is 6.29. The van der Waals surface area contributed by atoms with Crippen LogP contribution < -0.4 is 0 Å². The van der Waals surface area contributed by atoms with Gasteiger partial charge in [-0.3, -0.25) is 4.79 Å². The number of carbonyl (C=O) groups is 2. The van der Waals surface area contributed by atoms with E-state index >= 15 is 0 Å². The van der Waals surface area contributed by atoms with Crippen LogP contribution in [0.3, 0.4) is 0 Å². The van der Waals surface area contributed by atoms with E-state index in [1.54, 1.807) is 12.1 Å². The number of Topliss-reactive ketones (excluding diaryl/α,β-unsaturated/α-hetero) is 1. The lowest BCUT2D eigenvalue weighted by atomic mass is 10.2. The lowest BCUT2D eigenvalue weighted by Crippen LogP contribution is -2.14. The first-order chi connectivity index (χ1) is 9.90. The minimum Gasteiger partial charge on any atom is -0.454 e. The fourth-order valence-electron chi connectivity index (χ4n) is 1.45. The van der Waals surface area contributed by atoms with E-state index in [2.05, 4.69) is 15.9 Å². The molecule has 8 heteroatoms. The highest BCUT2D eigenvalue weighted by atomic mass is 79.9. The van der Waals surface area contributed by atoms with Crippen LogP contribution in [0.4, 0.5) is 0 Å². The Bertz CT molecular complexity index is 715. The Hall–Kier alpha value is -0.590. The van der Waals surface area contributed by atoms with Gasteiger partial charge < -0.3 is 4.74 Å².